The van der Waals surface area contributed by atoms with Crippen molar-refractivity contribution in [3.63, 3.8) is 0 Å². The fourth-order valence-electron chi connectivity index (χ4n) is 2.10. The molecule has 0 radical (unpaired) electrons. The summed E-state index contributed by atoms with van der Waals surface area (Å²) in [6.45, 7) is 6.04. The van der Waals surface area contributed by atoms with Crippen LogP contribution in [0.4, 0.5) is 0 Å². The predicted molar refractivity (Wildman–Crippen MR) is 96.9 cm³/mol. The van der Waals surface area contributed by atoms with Crippen molar-refractivity contribution in [3.8, 4) is 5.75 Å². The Morgan fingerprint density at radius 2 is 2.10 bits per heavy atom. The molecule has 2 nitrogen and oxygen atoms in total. The Labute approximate surface area is 144 Å². The van der Waals surface area contributed by atoms with Crippen LogP contribution < -0.4 is 10.1 Å². The number of halogens is 2. The first-order valence-corrected chi connectivity index (χ1v) is 9.27. The fraction of sp³-hybridized carbons (Fsp3) is 0.529. The van der Waals surface area contributed by atoms with E-state index in [2.05, 4.69) is 63.2 Å². The first-order valence-electron chi connectivity index (χ1n) is 7.68. The van der Waals surface area contributed by atoms with E-state index in [1.54, 1.807) is 0 Å². The minimum atomic E-state index is 0.739. The molecule has 0 unspecified atom stereocenters. The van der Waals surface area contributed by atoms with Gasteiger partial charge in [-0.2, -0.15) is 0 Å². The molecule has 0 saturated heterocycles. The molecule has 0 amide bonds. The van der Waals surface area contributed by atoms with Crippen molar-refractivity contribution in [1.29, 1.82) is 0 Å². The Kier molecular flexibility index (Phi) is 6.77. The van der Waals surface area contributed by atoms with Gasteiger partial charge in [0.1, 0.15) is 5.75 Å². The lowest BCUT2D eigenvalue weighted by atomic mass is 10.1. The third-order valence-electron chi connectivity index (χ3n) is 3.50. The highest BCUT2D eigenvalue weighted by Gasteiger charge is 2.20. The second kappa shape index (κ2) is 8.35. The van der Waals surface area contributed by atoms with E-state index in [1.807, 2.05) is 6.07 Å². The van der Waals surface area contributed by atoms with E-state index in [4.69, 9.17) is 4.74 Å². The van der Waals surface area contributed by atoms with Gasteiger partial charge in [-0.3, -0.25) is 0 Å². The predicted octanol–water partition coefficient (Wildman–Crippen LogP) is 5.55. The summed E-state index contributed by atoms with van der Waals surface area (Å²) in [6, 6.07) is 4.91. The molecule has 1 aromatic rings. The van der Waals surface area contributed by atoms with Gasteiger partial charge >= 0.3 is 0 Å². The van der Waals surface area contributed by atoms with Crippen LogP contribution in [0.15, 0.2) is 26.7 Å². The van der Waals surface area contributed by atoms with Gasteiger partial charge in [0.25, 0.3) is 0 Å². The van der Waals surface area contributed by atoms with Crippen molar-refractivity contribution in [1.82, 2.24) is 5.32 Å². The Bertz CT molecular complexity index is 510. The molecule has 1 saturated carbocycles. The lowest BCUT2D eigenvalue weighted by Crippen LogP contribution is -2.19. The number of ether oxygens (including phenoxy) is 1. The largest absolute Gasteiger partial charge is 0.492 e. The van der Waals surface area contributed by atoms with Gasteiger partial charge in [-0.25, -0.2) is 0 Å². The van der Waals surface area contributed by atoms with Crippen LogP contribution in [-0.2, 0) is 0 Å². The highest BCUT2D eigenvalue weighted by Crippen LogP contribution is 2.34. The van der Waals surface area contributed by atoms with Crippen molar-refractivity contribution in [2.24, 2.45) is 0 Å². The molecule has 0 bridgehead atoms. The molecule has 1 aliphatic rings. The summed E-state index contributed by atoms with van der Waals surface area (Å²) >= 11 is 7.18. The summed E-state index contributed by atoms with van der Waals surface area (Å²) in [5.41, 5.74) is 2.55. The summed E-state index contributed by atoms with van der Waals surface area (Å²) in [5, 5.41) is 3.59. The van der Waals surface area contributed by atoms with Crippen molar-refractivity contribution >= 4 is 37.9 Å². The quantitative estimate of drug-likeness (QED) is 0.600. The van der Waals surface area contributed by atoms with Crippen LogP contribution in [0.1, 0.15) is 45.1 Å². The maximum Gasteiger partial charge on any atom is 0.140 e. The smallest absolute Gasteiger partial charge is 0.140 e. The summed E-state index contributed by atoms with van der Waals surface area (Å²) in [6.07, 6.45) is 6.97. The molecule has 0 aliphatic heterocycles. The van der Waals surface area contributed by atoms with Gasteiger partial charge in [-0.1, -0.05) is 41.4 Å². The molecule has 1 fully saturated rings. The van der Waals surface area contributed by atoms with E-state index in [-0.39, 0.29) is 0 Å². The Morgan fingerprint density at radius 1 is 1.33 bits per heavy atom. The molecule has 0 aromatic heterocycles. The zero-order chi connectivity index (χ0) is 15.2. The normalized spacial score (nSPS) is 15.3. The van der Waals surface area contributed by atoms with Crippen molar-refractivity contribution in [2.45, 2.75) is 45.6 Å². The molecule has 0 heterocycles. The van der Waals surface area contributed by atoms with Crippen molar-refractivity contribution < 1.29 is 4.74 Å². The van der Waals surface area contributed by atoms with E-state index in [1.165, 1.54) is 18.4 Å². The van der Waals surface area contributed by atoms with Crippen LogP contribution >= 0.6 is 31.9 Å². The molecule has 116 valence electrons. The zero-order valence-electron chi connectivity index (χ0n) is 12.7. The number of nitrogens with one attached hydrogen (secondary N) is 1. The van der Waals surface area contributed by atoms with Gasteiger partial charge < -0.3 is 10.1 Å². The first kappa shape index (κ1) is 17.0. The second-order valence-electron chi connectivity index (χ2n) is 5.47. The van der Waals surface area contributed by atoms with Gasteiger partial charge in [0.05, 0.1) is 11.1 Å². The molecule has 0 spiro atoms. The molecule has 0 atom stereocenters. The highest BCUT2D eigenvalue weighted by molar-refractivity contribution is 9.11. The highest BCUT2D eigenvalue weighted by atomic mass is 79.9. The summed E-state index contributed by atoms with van der Waals surface area (Å²) in [5.74, 6) is 0.942. The summed E-state index contributed by atoms with van der Waals surface area (Å²) < 4.78 is 7.99. The van der Waals surface area contributed by atoms with Crippen LogP contribution in [0.25, 0.3) is 6.08 Å². The van der Waals surface area contributed by atoms with E-state index < -0.39 is 0 Å². The van der Waals surface area contributed by atoms with Crippen LogP contribution in [-0.4, -0.2) is 19.2 Å². The number of hydrogen-bond donors (Lipinski definition) is 1. The van der Waals surface area contributed by atoms with Crippen molar-refractivity contribution in [2.75, 3.05) is 13.2 Å². The van der Waals surface area contributed by atoms with Gasteiger partial charge in [0.15, 0.2) is 0 Å². The van der Waals surface area contributed by atoms with Crippen LogP contribution in [0.2, 0.25) is 0 Å². The fourth-order valence-corrected chi connectivity index (χ4v) is 3.48. The number of hydrogen-bond acceptors (Lipinski definition) is 2. The molecular weight excluding hydrogens is 394 g/mol. The minimum Gasteiger partial charge on any atom is -0.492 e. The van der Waals surface area contributed by atoms with Gasteiger partial charge in [-0.05, 0) is 53.7 Å². The van der Waals surface area contributed by atoms with Crippen LogP contribution in [0.3, 0.4) is 0 Å². The third kappa shape index (κ3) is 5.42. The van der Waals surface area contributed by atoms with Crippen molar-refractivity contribution in [3.05, 3.63) is 32.2 Å². The maximum absolute atomic E-state index is 5.92. The second-order valence-corrected chi connectivity index (χ2v) is 7.24. The number of rotatable bonds is 8. The Balaban J connectivity index is 2.21. The molecule has 21 heavy (non-hydrogen) atoms. The minimum absolute atomic E-state index is 0.739. The molecular formula is C17H23Br2NO. The third-order valence-corrected chi connectivity index (χ3v) is 4.54. The monoisotopic (exact) mass is 415 g/mol. The van der Waals surface area contributed by atoms with Crippen LogP contribution in [0.5, 0.6) is 5.75 Å². The average molecular weight is 417 g/mol. The van der Waals surface area contributed by atoms with E-state index in [0.717, 1.165) is 52.3 Å². The molecule has 2 rings (SSSR count). The lowest BCUT2D eigenvalue weighted by molar-refractivity contribution is 0.315. The van der Waals surface area contributed by atoms with Gasteiger partial charge in [0.2, 0.25) is 0 Å². The molecule has 1 N–H and O–H groups in total. The Hall–Kier alpha value is -0.320. The topological polar surface area (TPSA) is 21.3 Å². The first-order chi connectivity index (χ1) is 10.1. The van der Waals surface area contributed by atoms with Gasteiger partial charge in [-0.15, -0.1) is 0 Å². The average Bonchev–Trinajstić information content (AvgIpc) is 3.26. The summed E-state index contributed by atoms with van der Waals surface area (Å²) in [4.78, 5) is 0. The zero-order valence-corrected chi connectivity index (χ0v) is 15.9. The van der Waals surface area contributed by atoms with Gasteiger partial charge in [0, 0.05) is 22.6 Å². The number of benzene rings is 1. The lowest BCUT2D eigenvalue weighted by Gasteiger charge is -2.13. The van der Waals surface area contributed by atoms with E-state index in [0.29, 0.717) is 0 Å². The molecule has 4 heteroatoms. The molecule has 1 aromatic carbocycles. The molecule has 1 aliphatic carbocycles. The summed E-state index contributed by atoms with van der Waals surface area (Å²) in [7, 11) is 0. The maximum atomic E-state index is 5.92. The van der Waals surface area contributed by atoms with Crippen LogP contribution in [0, 0.1) is 0 Å². The Morgan fingerprint density at radius 3 is 2.71 bits per heavy atom. The standard InChI is InChI=1S/C17H23Br2NO/c1-3-7-21-17-13(9-14(18)10-16(17)19)8-12(4-2)11-20-15-5-6-15/h8-10,15,20H,3-7,11H2,1-2H3. The van der Waals surface area contributed by atoms with E-state index >= 15 is 0 Å². The SMILES string of the molecule is CCCOc1c(Br)cc(Br)cc1C=C(CC)CNC1CC1. The van der Waals surface area contributed by atoms with E-state index in [9.17, 15) is 0 Å².